The fourth-order valence-corrected chi connectivity index (χ4v) is 5.51. The summed E-state index contributed by atoms with van der Waals surface area (Å²) in [5, 5.41) is 14.5. The van der Waals surface area contributed by atoms with Crippen molar-refractivity contribution in [2.45, 2.75) is 96.8 Å². The smallest absolute Gasteiger partial charge is 0.123 e. The van der Waals surface area contributed by atoms with E-state index < -0.39 is 0 Å². The Labute approximate surface area is 169 Å². The van der Waals surface area contributed by atoms with Gasteiger partial charge in [-0.3, -0.25) is 0 Å². The van der Waals surface area contributed by atoms with Crippen LogP contribution in [0.2, 0.25) is 0 Å². The molecule has 0 atom stereocenters. The standard InChI is InChI=1S/C24H35NOS/c1-8-24(11-9-10-12-24)21-25-19(15-27-21)16-13-17(22(2,3)4)20(26)18(14-16)23(5,6)7/h13-15,26H,8-12H2,1-7H3. The van der Waals surface area contributed by atoms with Gasteiger partial charge in [-0.2, -0.15) is 0 Å². The molecule has 1 fully saturated rings. The Kier molecular flexibility index (Phi) is 5.22. The van der Waals surface area contributed by atoms with E-state index in [4.69, 9.17) is 4.98 Å². The van der Waals surface area contributed by atoms with E-state index in [1.165, 1.54) is 37.1 Å². The number of phenols is 1. The summed E-state index contributed by atoms with van der Waals surface area (Å²) in [6, 6.07) is 4.30. The lowest BCUT2D eigenvalue weighted by Gasteiger charge is -2.28. The molecule has 0 radical (unpaired) electrons. The Morgan fingerprint density at radius 1 is 1.00 bits per heavy atom. The van der Waals surface area contributed by atoms with Gasteiger partial charge in [-0.15, -0.1) is 11.3 Å². The number of rotatable bonds is 3. The molecular formula is C24H35NOS. The summed E-state index contributed by atoms with van der Waals surface area (Å²) in [7, 11) is 0. The maximum atomic E-state index is 11.0. The summed E-state index contributed by atoms with van der Waals surface area (Å²) in [5.74, 6) is 0.440. The fraction of sp³-hybridized carbons (Fsp3) is 0.625. The van der Waals surface area contributed by atoms with Gasteiger partial charge in [0.25, 0.3) is 0 Å². The van der Waals surface area contributed by atoms with Gasteiger partial charge in [-0.1, -0.05) is 61.3 Å². The van der Waals surface area contributed by atoms with Crippen LogP contribution in [0.1, 0.15) is 96.7 Å². The summed E-state index contributed by atoms with van der Waals surface area (Å²) in [5.41, 5.74) is 4.26. The van der Waals surface area contributed by atoms with Crippen molar-refractivity contribution in [3.63, 3.8) is 0 Å². The summed E-state index contributed by atoms with van der Waals surface area (Å²) < 4.78 is 0. The number of thiazole rings is 1. The van der Waals surface area contributed by atoms with E-state index in [9.17, 15) is 5.11 Å². The summed E-state index contributed by atoms with van der Waals surface area (Å²) >= 11 is 1.82. The van der Waals surface area contributed by atoms with E-state index in [1.807, 2.05) is 11.3 Å². The van der Waals surface area contributed by atoms with Crippen LogP contribution in [0, 0.1) is 0 Å². The molecule has 0 amide bonds. The Bertz CT molecular complexity index is 779. The summed E-state index contributed by atoms with van der Waals surface area (Å²) in [4.78, 5) is 5.12. The molecule has 1 N–H and O–H groups in total. The van der Waals surface area contributed by atoms with Crippen molar-refractivity contribution >= 4 is 11.3 Å². The van der Waals surface area contributed by atoms with Gasteiger partial charge in [-0.05, 0) is 42.2 Å². The highest BCUT2D eigenvalue weighted by atomic mass is 32.1. The highest BCUT2D eigenvalue weighted by Crippen LogP contribution is 2.47. The van der Waals surface area contributed by atoms with Crippen molar-refractivity contribution in [1.82, 2.24) is 4.98 Å². The van der Waals surface area contributed by atoms with Crippen molar-refractivity contribution in [1.29, 1.82) is 0 Å². The van der Waals surface area contributed by atoms with E-state index in [0.29, 0.717) is 11.2 Å². The first-order valence-corrected chi connectivity index (χ1v) is 11.2. The molecule has 3 heteroatoms. The molecule has 0 bridgehead atoms. The molecule has 3 rings (SSSR count). The van der Waals surface area contributed by atoms with Gasteiger partial charge in [0, 0.05) is 27.5 Å². The Hall–Kier alpha value is -1.35. The third-order valence-corrected chi connectivity index (χ3v) is 7.31. The molecule has 27 heavy (non-hydrogen) atoms. The average molecular weight is 386 g/mol. The minimum absolute atomic E-state index is 0.116. The molecule has 1 aliphatic carbocycles. The highest BCUT2D eigenvalue weighted by Gasteiger charge is 2.36. The maximum Gasteiger partial charge on any atom is 0.123 e. The third-order valence-electron chi connectivity index (χ3n) is 6.22. The first-order chi connectivity index (χ1) is 12.5. The molecule has 1 aromatic carbocycles. The van der Waals surface area contributed by atoms with Gasteiger partial charge in [0.15, 0.2) is 0 Å². The molecule has 2 aromatic rings. The van der Waals surface area contributed by atoms with Crippen molar-refractivity contribution in [2.75, 3.05) is 0 Å². The Morgan fingerprint density at radius 3 is 1.96 bits per heavy atom. The maximum absolute atomic E-state index is 11.0. The number of aromatic hydroxyl groups is 1. The molecule has 0 spiro atoms. The van der Waals surface area contributed by atoms with Crippen molar-refractivity contribution in [2.24, 2.45) is 0 Å². The number of nitrogens with zero attached hydrogens (tertiary/aromatic N) is 1. The second-order valence-electron chi connectivity index (χ2n) is 10.3. The topological polar surface area (TPSA) is 33.1 Å². The largest absolute Gasteiger partial charge is 0.507 e. The first kappa shape index (κ1) is 20.4. The SMILES string of the molecule is CCC1(c2nc(-c3cc(C(C)(C)C)c(O)c(C(C)(C)C)c3)cs2)CCCC1. The molecule has 0 unspecified atom stereocenters. The van der Waals surface area contributed by atoms with Crippen LogP contribution >= 0.6 is 11.3 Å². The van der Waals surface area contributed by atoms with Crippen LogP contribution in [0.3, 0.4) is 0 Å². The summed E-state index contributed by atoms with van der Waals surface area (Å²) in [6.45, 7) is 15.3. The second kappa shape index (κ2) is 6.92. The molecule has 1 aliphatic rings. The normalized spacial score (nSPS) is 17.4. The molecule has 1 saturated carbocycles. The van der Waals surface area contributed by atoms with Gasteiger partial charge in [0.05, 0.1) is 10.7 Å². The lowest BCUT2D eigenvalue weighted by Crippen LogP contribution is -2.20. The van der Waals surface area contributed by atoms with E-state index in [2.05, 4.69) is 66.0 Å². The van der Waals surface area contributed by atoms with Crippen molar-refractivity contribution < 1.29 is 5.11 Å². The fourth-order valence-electron chi connectivity index (χ4n) is 4.35. The number of hydrogen-bond donors (Lipinski definition) is 1. The van der Waals surface area contributed by atoms with E-state index in [-0.39, 0.29) is 10.8 Å². The predicted molar refractivity (Wildman–Crippen MR) is 117 cm³/mol. The quantitative estimate of drug-likeness (QED) is 0.600. The third kappa shape index (κ3) is 3.81. The predicted octanol–water partition coefficient (Wildman–Crippen LogP) is 7.33. The molecule has 1 heterocycles. The molecule has 0 aliphatic heterocycles. The zero-order chi connectivity index (χ0) is 20.0. The lowest BCUT2D eigenvalue weighted by molar-refractivity contribution is 0.422. The van der Waals surface area contributed by atoms with Crippen LogP contribution in [0.15, 0.2) is 17.5 Å². The molecule has 1 aromatic heterocycles. The molecular weight excluding hydrogens is 350 g/mol. The molecule has 0 saturated heterocycles. The lowest BCUT2D eigenvalue weighted by atomic mass is 9.78. The van der Waals surface area contributed by atoms with Gasteiger partial charge in [-0.25, -0.2) is 4.98 Å². The van der Waals surface area contributed by atoms with E-state index >= 15 is 0 Å². The van der Waals surface area contributed by atoms with Crippen LogP contribution in [-0.4, -0.2) is 10.1 Å². The molecule has 2 nitrogen and oxygen atoms in total. The van der Waals surface area contributed by atoms with Crippen molar-refractivity contribution in [3.05, 3.63) is 33.6 Å². The summed E-state index contributed by atoms with van der Waals surface area (Å²) in [6.07, 6.45) is 6.36. The van der Waals surface area contributed by atoms with Gasteiger partial charge in [0.2, 0.25) is 0 Å². The van der Waals surface area contributed by atoms with E-state index in [1.54, 1.807) is 0 Å². The van der Waals surface area contributed by atoms with Crippen LogP contribution in [0.4, 0.5) is 0 Å². The Balaban J connectivity index is 2.12. The number of aromatic nitrogens is 1. The van der Waals surface area contributed by atoms with Crippen molar-refractivity contribution in [3.8, 4) is 17.0 Å². The van der Waals surface area contributed by atoms with Crippen LogP contribution in [0.25, 0.3) is 11.3 Å². The Morgan fingerprint density at radius 2 is 1.52 bits per heavy atom. The number of benzene rings is 1. The van der Waals surface area contributed by atoms with Crippen LogP contribution < -0.4 is 0 Å². The number of hydrogen-bond acceptors (Lipinski definition) is 3. The first-order valence-electron chi connectivity index (χ1n) is 10.3. The zero-order valence-corrected chi connectivity index (χ0v) is 18.9. The number of phenolic OH excluding ortho intramolecular Hbond substituents is 1. The highest BCUT2D eigenvalue weighted by molar-refractivity contribution is 7.10. The molecule has 148 valence electrons. The van der Waals surface area contributed by atoms with Crippen LogP contribution in [0.5, 0.6) is 5.75 Å². The van der Waals surface area contributed by atoms with Gasteiger partial charge >= 0.3 is 0 Å². The zero-order valence-electron chi connectivity index (χ0n) is 18.1. The second-order valence-corrected chi connectivity index (χ2v) is 11.2. The average Bonchev–Trinajstić information content (AvgIpc) is 3.22. The monoisotopic (exact) mass is 385 g/mol. The van der Waals surface area contributed by atoms with E-state index in [0.717, 1.165) is 22.4 Å². The minimum atomic E-state index is -0.116. The minimum Gasteiger partial charge on any atom is -0.507 e. The van der Waals surface area contributed by atoms with Crippen LogP contribution in [-0.2, 0) is 16.2 Å². The van der Waals surface area contributed by atoms with Gasteiger partial charge in [0.1, 0.15) is 5.75 Å². The van der Waals surface area contributed by atoms with Gasteiger partial charge < -0.3 is 5.11 Å².